The van der Waals surface area contributed by atoms with Crippen molar-refractivity contribution in [3.05, 3.63) is 35.9 Å². The van der Waals surface area contributed by atoms with Crippen molar-refractivity contribution in [2.75, 3.05) is 32.0 Å². The number of amides is 2. The van der Waals surface area contributed by atoms with Gasteiger partial charge in [-0.25, -0.2) is 5.01 Å². The first-order valence-electron chi connectivity index (χ1n) is 7.64. The smallest absolute Gasteiger partial charge is 0.326 e. The molecule has 1 saturated heterocycles. The third-order valence-electron chi connectivity index (χ3n) is 3.72. The predicted molar refractivity (Wildman–Crippen MR) is 89.7 cm³/mol. The molecule has 0 aliphatic carbocycles. The molecule has 1 fully saturated rings. The van der Waals surface area contributed by atoms with Gasteiger partial charge in [0.2, 0.25) is 0 Å². The molecule has 0 aromatic heterocycles. The zero-order valence-corrected chi connectivity index (χ0v) is 13.8. The SMILES string of the molecule is O=C(CN1CCSC1=O)OCC(=O)N1CCC(c2ccccc2)=N1. The second-order valence-electron chi connectivity index (χ2n) is 5.38. The number of carbonyl (C=O) groups is 3. The quantitative estimate of drug-likeness (QED) is 0.751. The number of esters is 1. The zero-order chi connectivity index (χ0) is 16.9. The molecule has 1 aromatic rings. The Hall–Kier alpha value is -2.35. The highest BCUT2D eigenvalue weighted by atomic mass is 32.2. The van der Waals surface area contributed by atoms with E-state index in [0.717, 1.165) is 11.3 Å². The molecule has 0 bridgehead atoms. The van der Waals surface area contributed by atoms with E-state index >= 15 is 0 Å². The number of thioether (sulfide) groups is 1. The van der Waals surface area contributed by atoms with Crippen LogP contribution in [0.25, 0.3) is 0 Å². The molecular formula is C16H17N3O4S. The summed E-state index contributed by atoms with van der Waals surface area (Å²) in [6.07, 6.45) is 0.670. The molecule has 24 heavy (non-hydrogen) atoms. The van der Waals surface area contributed by atoms with Crippen LogP contribution < -0.4 is 0 Å². The van der Waals surface area contributed by atoms with Crippen LogP contribution in [0.2, 0.25) is 0 Å². The fourth-order valence-corrected chi connectivity index (χ4v) is 3.28. The van der Waals surface area contributed by atoms with Crippen LogP contribution in [0.4, 0.5) is 4.79 Å². The molecule has 2 aliphatic rings. The van der Waals surface area contributed by atoms with E-state index in [9.17, 15) is 14.4 Å². The Labute approximate surface area is 143 Å². The van der Waals surface area contributed by atoms with E-state index in [1.165, 1.54) is 21.7 Å². The van der Waals surface area contributed by atoms with Crippen LogP contribution in [0.5, 0.6) is 0 Å². The van der Waals surface area contributed by atoms with E-state index in [2.05, 4.69) is 5.10 Å². The Morgan fingerprint density at radius 3 is 2.71 bits per heavy atom. The summed E-state index contributed by atoms with van der Waals surface area (Å²) in [6, 6.07) is 9.64. The van der Waals surface area contributed by atoms with Gasteiger partial charge in [-0.3, -0.25) is 14.4 Å². The third kappa shape index (κ3) is 3.94. The first-order valence-corrected chi connectivity index (χ1v) is 8.62. The Morgan fingerprint density at radius 2 is 2.00 bits per heavy atom. The Balaban J connectivity index is 1.48. The average molecular weight is 347 g/mol. The second-order valence-corrected chi connectivity index (χ2v) is 6.42. The summed E-state index contributed by atoms with van der Waals surface area (Å²) in [5.74, 6) is -0.266. The minimum absolute atomic E-state index is 0.113. The second kappa shape index (κ2) is 7.48. The van der Waals surface area contributed by atoms with Crippen LogP contribution in [0.15, 0.2) is 35.4 Å². The number of ether oxygens (including phenoxy) is 1. The first-order chi connectivity index (χ1) is 11.6. The Bertz CT molecular complexity index is 677. The van der Waals surface area contributed by atoms with Gasteiger partial charge in [0.15, 0.2) is 6.61 Å². The summed E-state index contributed by atoms with van der Waals surface area (Å²) in [4.78, 5) is 36.6. The van der Waals surface area contributed by atoms with E-state index in [0.29, 0.717) is 25.3 Å². The standard InChI is InChI=1S/C16H17N3O4S/c20-14(11-23-15(21)10-18-8-9-24-16(18)22)19-7-6-13(17-19)12-4-2-1-3-5-12/h1-5H,6-11H2. The van der Waals surface area contributed by atoms with Crippen molar-refractivity contribution in [1.29, 1.82) is 0 Å². The highest BCUT2D eigenvalue weighted by molar-refractivity contribution is 8.13. The van der Waals surface area contributed by atoms with Crippen LogP contribution >= 0.6 is 11.8 Å². The third-order valence-corrected chi connectivity index (χ3v) is 4.61. The molecule has 2 heterocycles. The monoisotopic (exact) mass is 347 g/mol. The van der Waals surface area contributed by atoms with Gasteiger partial charge < -0.3 is 9.64 Å². The number of rotatable bonds is 5. The first kappa shape index (κ1) is 16.5. The molecule has 126 valence electrons. The molecule has 7 nitrogen and oxygen atoms in total. The zero-order valence-electron chi connectivity index (χ0n) is 13.0. The molecule has 0 spiro atoms. The number of benzene rings is 1. The maximum absolute atomic E-state index is 12.1. The maximum atomic E-state index is 12.1. The lowest BCUT2D eigenvalue weighted by Crippen LogP contribution is -2.34. The lowest BCUT2D eigenvalue weighted by atomic mass is 10.1. The number of hydrogen-bond acceptors (Lipinski definition) is 6. The molecule has 0 radical (unpaired) electrons. The molecular weight excluding hydrogens is 330 g/mol. The minimum Gasteiger partial charge on any atom is -0.454 e. The van der Waals surface area contributed by atoms with Gasteiger partial charge in [0, 0.05) is 18.7 Å². The maximum Gasteiger partial charge on any atom is 0.326 e. The van der Waals surface area contributed by atoms with E-state index in [1.807, 2.05) is 30.3 Å². The van der Waals surface area contributed by atoms with Gasteiger partial charge in [0.05, 0.1) is 12.3 Å². The summed E-state index contributed by atoms with van der Waals surface area (Å²) >= 11 is 1.18. The largest absolute Gasteiger partial charge is 0.454 e. The number of carbonyl (C=O) groups excluding carboxylic acids is 3. The summed E-state index contributed by atoms with van der Waals surface area (Å²) in [6.45, 7) is 0.530. The van der Waals surface area contributed by atoms with Gasteiger partial charge in [-0.2, -0.15) is 5.10 Å². The average Bonchev–Trinajstić information content (AvgIpc) is 3.23. The molecule has 0 N–H and O–H groups in total. The fourth-order valence-electron chi connectivity index (χ4n) is 2.46. The summed E-state index contributed by atoms with van der Waals surface area (Å²) in [5.41, 5.74) is 1.82. The van der Waals surface area contributed by atoms with E-state index < -0.39 is 5.97 Å². The summed E-state index contributed by atoms with van der Waals surface area (Å²) < 4.78 is 4.96. The minimum atomic E-state index is -0.578. The van der Waals surface area contributed by atoms with Crippen molar-refractivity contribution >= 4 is 34.6 Å². The van der Waals surface area contributed by atoms with Gasteiger partial charge >= 0.3 is 5.97 Å². The van der Waals surface area contributed by atoms with E-state index in [-0.39, 0.29) is 24.3 Å². The molecule has 0 atom stereocenters. The predicted octanol–water partition coefficient (Wildman–Crippen LogP) is 1.33. The van der Waals surface area contributed by atoms with Crippen molar-refractivity contribution in [2.45, 2.75) is 6.42 Å². The van der Waals surface area contributed by atoms with Crippen LogP contribution in [-0.2, 0) is 14.3 Å². The number of hydrazone groups is 1. The van der Waals surface area contributed by atoms with Crippen LogP contribution in [-0.4, -0.2) is 64.7 Å². The topological polar surface area (TPSA) is 79.3 Å². The molecule has 8 heteroatoms. The van der Waals surface area contributed by atoms with Gasteiger partial charge in [-0.1, -0.05) is 42.1 Å². The van der Waals surface area contributed by atoms with Crippen molar-refractivity contribution in [2.24, 2.45) is 5.10 Å². The molecule has 0 unspecified atom stereocenters. The highest BCUT2D eigenvalue weighted by Gasteiger charge is 2.26. The van der Waals surface area contributed by atoms with E-state index in [1.54, 1.807) is 0 Å². The number of nitrogens with zero attached hydrogens (tertiary/aromatic N) is 3. The lowest BCUT2D eigenvalue weighted by molar-refractivity contribution is -0.152. The van der Waals surface area contributed by atoms with Crippen LogP contribution in [0.3, 0.4) is 0 Å². The molecule has 2 aliphatic heterocycles. The molecule has 1 aromatic carbocycles. The highest BCUT2D eigenvalue weighted by Crippen LogP contribution is 2.17. The van der Waals surface area contributed by atoms with Crippen molar-refractivity contribution in [3.63, 3.8) is 0 Å². The molecule has 0 saturated carbocycles. The Kier molecular flexibility index (Phi) is 5.14. The summed E-state index contributed by atoms with van der Waals surface area (Å²) in [5, 5.41) is 5.49. The van der Waals surface area contributed by atoms with Gasteiger partial charge in [0.25, 0.3) is 11.1 Å². The molecule has 3 rings (SSSR count). The summed E-state index contributed by atoms with van der Waals surface area (Å²) in [7, 11) is 0. The Morgan fingerprint density at radius 1 is 1.21 bits per heavy atom. The normalized spacial score (nSPS) is 17.2. The van der Waals surface area contributed by atoms with Gasteiger partial charge in [-0.05, 0) is 5.56 Å². The van der Waals surface area contributed by atoms with Crippen molar-refractivity contribution < 1.29 is 19.1 Å². The fraction of sp³-hybridized carbons (Fsp3) is 0.375. The van der Waals surface area contributed by atoms with Gasteiger partial charge in [0.1, 0.15) is 6.54 Å². The number of hydrogen-bond donors (Lipinski definition) is 0. The van der Waals surface area contributed by atoms with Crippen molar-refractivity contribution in [1.82, 2.24) is 9.91 Å². The van der Waals surface area contributed by atoms with Crippen molar-refractivity contribution in [3.8, 4) is 0 Å². The van der Waals surface area contributed by atoms with Gasteiger partial charge in [-0.15, -0.1) is 0 Å². The lowest BCUT2D eigenvalue weighted by Gasteiger charge is -2.14. The van der Waals surface area contributed by atoms with Crippen LogP contribution in [0, 0.1) is 0 Å². The molecule has 2 amide bonds. The van der Waals surface area contributed by atoms with E-state index in [4.69, 9.17) is 4.74 Å². The van der Waals surface area contributed by atoms with Crippen LogP contribution in [0.1, 0.15) is 12.0 Å².